The van der Waals surface area contributed by atoms with Gasteiger partial charge in [-0.05, 0) is 19.3 Å². The van der Waals surface area contributed by atoms with Crippen molar-refractivity contribution in [3.8, 4) is 0 Å². The molecule has 0 saturated heterocycles. The molecule has 0 heterocycles. The van der Waals surface area contributed by atoms with E-state index in [4.69, 9.17) is 5.11 Å². The molecule has 0 rings (SSSR count). The van der Waals surface area contributed by atoms with Gasteiger partial charge in [0.25, 0.3) is 0 Å². The lowest BCUT2D eigenvalue weighted by Gasteiger charge is -2.34. The van der Waals surface area contributed by atoms with Gasteiger partial charge in [-0.2, -0.15) is 0 Å². The highest BCUT2D eigenvalue weighted by Gasteiger charge is 2.32. The smallest absolute Gasteiger partial charge is 0.0848 e. The Hall–Kier alpha value is -0.340. The van der Waals surface area contributed by atoms with E-state index in [0.29, 0.717) is 0 Å². The summed E-state index contributed by atoms with van der Waals surface area (Å²) in [5.74, 6) is 0. The minimum absolute atomic E-state index is 0.210. The van der Waals surface area contributed by atoms with E-state index in [1.54, 1.807) is 26.0 Å². The van der Waals surface area contributed by atoms with Gasteiger partial charge >= 0.3 is 0 Å². The number of hydrogen-bond donors (Lipinski definition) is 2. The van der Waals surface area contributed by atoms with Crippen LogP contribution >= 0.6 is 0 Å². The molecule has 0 aromatic heterocycles. The molecule has 0 aromatic carbocycles. The zero-order valence-electron chi connectivity index (χ0n) is 8.63. The standard InChI is InChI=1S/C10H20O2/c1-8(11)6-7-10(5,12)9(2,3)4/h6-8,11-12H,1-5H3. The van der Waals surface area contributed by atoms with Crippen molar-refractivity contribution in [1.29, 1.82) is 0 Å². The zero-order chi connectivity index (χ0) is 9.99. The summed E-state index contributed by atoms with van der Waals surface area (Å²) >= 11 is 0. The Balaban J connectivity index is 4.43. The van der Waals surface area contributed by atoms with Gasteiger partial charge in [-0.25, -0.2) is 0 Å². The van der Waals surface area contributed by atoms with Crippen LogP contribution in [0.5, 0.6) is 0 Å². The van der Waals surface area contributed by atoms with Crippen LogP contribution in [0.3, 0.4) is 0 Å². The van der Waals surface area contributed by atoms with Crippen LogP contribution in [0.2, 0.25) is 0 Å². The second-order valence-electron chi connectivity index (χ2n) is 4.50. The molecule has 0 aliphatic carbocycles. The van der Waals surface area contributed by atoms with E-state index in [2.05, 4.69) is 0 Å². The molecule has 12 heavy (non-hydrogen) atoms. The fraction of sp³-hybridized carbons (Fsp3) is 0.800. The highest BCUT2D eigenvalue weighted by Crippen LogP contribution is 2.30. The number of aliphatic hydroxyl groups is 2. The van der Waals surface area contributed by atoms with Gasteiger partial charge in [0.05, 0.1) is 11.7 Å². The third-order valence-electron chi connectivity index (χ3n) is 2.22. The van der Waals surface area contributed by atoms with E-state index in [1.165, 1.54) is 0 Å². The van der Waals surface area contributed by atoms with Crippen molar-refractivity contribution in [3.05, 3.63) is 12.2 Å². The molecule has 0 aromatic rings. The van der Waals surface area contributed by atoms with E-state index < -0.39 is 11.7 Å². The van der Waals surface area contributed by atoms with Crippen LogP contribution in [-0.2, 0) is 0 Å². The topological polar surface area (TPSA) is 40.5 Å². The third-order valence-corrected chi connectivity index (χ3v) is 2.22. The molecule has 0 aliphatic heterocycles. The Bertz CT molecular complexity index is 161. The summed E-state index contributed by atoms with van der Waals surface area (Å²) in [6.45, 7) is 9.28. The SMILES string of the molecule is CC(O)C=CC(C)(O)C(C)(C)C. The van der Waals surface area contributed by atoms with Crippen molar-refractivity contribution in [2.45, 2.75) is 46.3 Å². The van der Waals surface area contributed by atoms with Gasteiger partial charge in [-0.15, -0.1) is 0 Å². The molecule has 0 saturated carbocycles. The predicted octanol–water partition coefficient (Wildman–Crippen LogP) is 1.72. The Kier molecular flexibility index (Phi) is 3.48. The van der Waals surface area contributed by atoms with Gasteiger partial charge in [0, 0.05) is 0 Å². The third kappa shape index (κ3) is 3.37. The van der Waals surface area contributed by atoms with Crippen LogP contribution in [0.1, 0.15) is 34.6 Å². The van der Waals surface area contributed by atoms with Crippen molar-refractivity contribution < 1.29 is 10.2 Å². The van der Waals surface area contributed by atoms with Gasteiger partial charge in [-0.3, -0.25) is 0 Å². The summed E-state index contributed by atoms with van der Waals surface area (Å²) in [5.41, 5.74) is -1.08. The molecule has 2 heteroatoms. The van der Waals surface area contributed by atoms with Crippen LogP contribution in [0.25, 0.3) is 0 Å². The monoisotopic (exact) mass is 172 g/mol. The van der Waals surface area contributed by atoms with Gasteiger partial charge in [-0.1, -0.05) is 32.9 Å². The van der Waals surface area contributed by atoms with Gasteiger partial charge < -0.3 is 10.2 Å². The Labute approximate surface area is 74.9 Å². The van der Waals surface area contributed by atoms with Gasteiger partial charge in [0.1, 0.15) is 0 Å². The first-order chi connectivity index (χ1) is 5.17. The first-order valence-electron chi connectivity index (χ1n) is 4.26. The maximum atomic E-state index is 9.90. The molecular formula is C10H20O2. The van der Waals surface area contributed by atoms with E-state index in [0.717, 1.165) is 0 Å². The first-order valence-corrected chi connectivity index (χ1v) is 4.26. The van der Waals surface area contributed by atoms with E-state index in [1.807, 2.05) is 20.8 Å². The summed E-state index contributed by atoms with van der Waals surface area (Å²) in [6, 6.07) is 0. The van der Waals surface area contributed by atoms with Crippen molar-refractivity contribution in [1.82, 2.24) is 0 Å². The Morgan fingerprint density at radius 3 is 1.83 bits per heavy atom. The summed E-state index contributed by atoms with van der Waals surface area (Å²) in [6.07, 6.45) is 2.75. The van der Waals surface area contributed by atoms with E-state index in [-0.39, 0.29) is 5.41 Å². The van der Waals surface area contributed by atoms with Crippen LogP contribution in [0.4, 0.5) is 0 Å². The zero-order valence-corrected chi connectivity index (χ0v) is 8.63. The lowest BCUT2D eigenvalue weighted by molar-refractivity contribution is 0.00276. The Morgan fingerprint density at radius 2 is 1.58 bits per heavy atom. The fourth-order valence-electron chi connectivity index (χ4n) is 0.577. The van der Waals surface area contributed by atoms with E-state index in [9.17, 15) is 5.11 Å². The normalized spacial score (nSPS) is 20.9. The van der Waals surface area contributed by atoms with Crippen molar-refractivity contribution in [2.24, 2.45) is 5.41 Å². The summed E-state index contributed by atoms with van der Waals surface area (Å²) < 4.78 is 0. The number of aliphatic hydroxyl groups excluding tert-OH is 1. The quantitative estimate of drug-likeness (QED) is 0.623. The molecule has 0 aliphatic rings. The molecule has 2 unspecified atom stereocenters. The molecule has 0 spiro atoms. The lowest BCUT2D eigenvalue weighted by Crippen LogP contribution is -2.37. The van der Waals surface area contributed by atoms with Crippen molar-refractivity contribution in [3.63, 3.8) is 0 Å². The maximum absolute atomic E-state index is 9.90. The molecular weight excluding hydrogens is 152 g/mol. The number of hydrogen-bond acceptors (Lipinski definition) is 2. The minimum Gasteiger partial charge on any atom is -0.389 e. The van der Waals surface area contributed by atoms with Crippen molar-refractivity contribution in [2.75, 3.05) is 0 Å². The van der Waals surface area contributed by atoms with Crippen LogP contribution in [-0.4, -0.2) is 21.9 Å². The lowest BCUT2D eigenvalue weighted by atomic mass is 9.77. The first kappa shape index (κ1) is 11.7. The summed E-state index contributed by atoms with van der Waals surface area (Å²) in [5, 5.41) is 18.9. The fourth-order valence-corrected chi connectivity index (χ4v) is 0.577. The summed E-state index contributed by atoms with van der Waals surface area (Å²) in [7, 11) is 0. The molecule has 0 bridgehead atoms. The molecule has 2 atom stereocenters. The summed E-state index contributed by atoms with van der Waals surface area (Å²) in [4.78, 5) is 0. The van der Waals surface area contributed by atoms with E-state index >= 15 is 0 Å². The largest absolute Gasteiger partial charge is 0.389 e. The van der Waals surface area contributed by atoms with Gasteiger partial charge in [0.15, 0.2) is 0 Å². The molecule has 0 radical (unpaired) electrons. The number of rotatable bonds is 2. The second-order valence-corrected chi connectivity index (χ2v) is 4.50. The maximum Gasteiger partial charge on any atom is 0.0848 e. The molecule has 2 nitrogen and oxygen atoms in total. The van der Waals surface area contributed by atoms with Gasteiger partial charge in [0.2, 0.25) is 0 Å². The van der Waals surface area contributed by atoms with Crippen LogP contribution in [0.15, 0.2) is 12.2 Å². The molecule has 0 fully saturated rings. The highest BCUT2D eigenvalue weighted by molar-refractivity contribution is 5.05. The molecule has 0 amide bonds. The minimum atomic E-state index is -0.871. The molecule has 72 valence electrons. The van der Waals surface area contributed by atoms with Crippen LogP contribution in [0, 0.1) is 5.41 Å². The van der Waals surface area contributed by atoms with Crippen molar-refractivity contribution >= 4 is 0 Å². The Morgan fingerprint density at radius 1 is 1.17 bits per heavy atom. The van der Waals surface area contributed by atoms with Crippen LogP contribution < -0.4 is 0 Å². The predicted molar refractivity (Wildman–Crippen MR) is 50.9 cm³/mol. The average Bonchev–Trinajstić information content (AvgIpc) is 1.81. The highest BCUT2D eigenvalue weighted by atomic mass is 16.3. The second kappa shape index (κ2) is 3.58. The average molecular weight is 172 g/mol. The molecule has 2 N–H and O–H groups in total.